The maximum atomic E-state index is 12.3. The Balaban J connectivity index is 2.03. The van der Waals surface area contributed by atoms with E-state index < -0.39 is 5.41 Å². The summed E-state index contributed by atoms with van der Waals surface area (Å²) < 4.78 is 10.9. The molecular weight excluding hydrogens is 230 g/mol. The van der Waals surface area contributed by atoms with Crippen molar-refractivity contribution in [2.75, 3.05) is 13.2 Å². The summed E-state index contributed by atoms with van der Waals surface area (Å²) >= 11 is 0. The van der Waals surface area contributed by atoms with Gasteiger partial charge in [0.15, 0.2) is 17.3 Å². The minimum atomic E-state index is -0.783. The highest BCUT2D eigenvalue weighted by atomic mass is 16.6. The second-order valence-electron chi connectivity index (χ2n) is 4.83. The summed E-state index contributed by atoms with van der Waals surface area (Å²) in [7, 11) is 0. The summed E-state index contributed by atoms with van der Waals surface area (Å²) in [5.41, 5.74) is 0.637. The standard InChI is InChI=1S/C14H13NO3/c1-9-6-11-12(18-5-4-17-11)7-10(9)13(16)14(8-15)2-3-14/h6-7H,2-5H2,1H3. The van der Waals surface area contributed by atoms with Crippen LogP contribution >= 0.6 is 0 Å². The Bertz CT molecular complexity index is 567. The minimum absolute atomic E-state index is 0.0838. The number of nitriles is 1. The molecule has 0 radical (unpaired) electrons. The molecule has 0 N–H and O–H groups in total. The predicted molar refractivity (Wildman–Crippen MR) is 63.8 cm³/mol. The molecule has 0 unspecified atom stereocenters. The van der Waals surface area contributed by atoms with Crippen LogP contribution < -0.4 is 9.47 Å². The van der Waals surface area contributed by atoms with E-state index in [0.717, 1.165) is 5.56 Å². The Morgan fingerprint density at radius 1 is 1.28 bits per heavy atom. The van der Waals surface area contributed by atoms with Gasteiger partial charge in [-0.1, -0.05) is 0 Å². The zero-order valence-corrected chi connectivity index (χ0v) is 10.2. The van der Waals surface area contributed by atoms with Gasteiger partial charge in [0.2, 0.25) is 0 Å². The molecule has 1 fully saturated rings. The highest BCUT2D eigenvalue weighted by molar-refractivity contribution is 6.05. The molecule has 1 aromatic rings. The fourth-order valence-electron chi connectivity index (χ4n) is 2.21. The molecule has 3 rings (SSSR count). The van der Waals surface area contributed by atoms with Crippen molar-refractivity contribution in [3.63, 3.8) is 0 Å². The van der Waals surface area contributed by atoms with E-state index in [4.69, 9.17) is 14.7 Å². The number of ether oxygens (including phenoxy) is 2. The van der Waals surface area contributed by atoms with Crippen LogP contribution in [0.15, 0.2) is 12.1 Å². The summed E-state index contributed by atoms with van der Waals surface area (Å²) in [5, 5.41) is 9.09. The fourth-order valence-corrected chi connectivity index (χ4v) is 2.21. The van der Waals surface area contributed by atoms with Gasteiger partial charge in [0, 0.05) is 5.56 Å². The molecule has 1 aromatic carbocycles. The van der Waals surface area contributed by atoms with Crippen molar-refractivity contribution in [2.24, 2.45) is 5.41 Å². The quantitative estimate of drug-likeness (QED) is 0.747. The van der Waals surface area contributed by atoms with Gasteiger partial charge in [0.25, 0.3) is 0 Å². The number of ketones is 1. The van der Waals surface area contributed by atoms with Crippen molar-refractivity contribution < 1.29 is 14.3 Å². The SMILES string of the molecule is Cc1cc2c(cc1C(=O)C1(C#N)CC1)OCCO2. The van der Waals surface area contributed by atoms with Gasteiger partial charge >= 0.3 is 0 Å². The Morgan fingerprint density at radius 2 is 1.89 bits per heavy atom. The number of nitrogens with zero attached hydrogens (tertiary/aromatic N) is 1. The Kier molecular flexibility index (Phi) is 2.30. The molecule has 18 heavy (non-hydrogen) atoms. The number of aryl methyl sites for hydroxylation is 1. The largest absolute Gasteiger partial charge is 0.486 e. The van der Waals surface area contributed by atoms with Crippen LogP contribution in [0.1, 0.15) is 28.8 Å². The van der Waals surface area contributed by atoms with E-state index in [1.54, 1.807) is 6.07 Å². The summed E-state index contributed by atoms with van der Waals surface area (Å²) in [6, 6.07) is 5.66. The molecular formula is C14H13NO3. The van der Waals surface area contributed by atoms with Crippen LogP contribution in [0.3, 0.4) is 0 Å². The average Bonchev–Trinajstić information content (AvgIpc) is 3.18. The van der Waals surface area contributed by atoms with Crippen LogP contribution in [0.4, 0.5) is 0 Å². The minimum Gasteiger partial charge on any atom is -0.486 e. The molecule has 0 aromatic heterocycles. The Hall–Kier alpha value is -2.02. The second kappa shape index (κ2) is 3.74. The second-order valence-corrected chi connectivity index (χ2v) is 4.83. The first-order chi connectivity index (χ1) is 8.66. The molecule has 92 valence electrons. The van der Waals surface area contributed by atoms with E-state index in [1.807, 2.05) is 13.0 Å². The maximum absolute atomic E-state index is 12.3. The molecule has 4 heteroatoms. The van der Waals surface area contributed by atoms with Crippen molar-refractivity contribution in [2.45, 2.75) is 19.8 Å². The molecule has 0 amide bonds. The van der Waals surface area contributed by atoms with E-state index in [0.29, 0.717) is 43.1 Å². The number of fused-ring (bicyclic) bond motifs is 1. The lowest BCUT2D eigenvalue weighted by molar-refractivity contribution is 0.0932. The van der Waals surface area contributed by atoms with Crippen molar-refractivity contribution in [1.82, 2.24) is 0 Å². The lowest BCUT2D eigenvalue weighted by Crippen LogP contribution is -2.19. The van der Waals surface area contributed by atoms with E-state index in [-0.39, 0.29) is 5.78 Å². The van der Waals surface area contributed by atoms with Gasteiger partial charge in [0.1, 0.15) is 18.6 Å². The third-order valence-electron chi connectivity index (χ3n) is 3.53. The third kappa shape index (κ3) is 1.55. The van der Waals surface area contributed by atoms with E-state index in [1.165, 1.54) is 0 Å². The number of rotatable bonds is 2. The third-order valence-corrected chi connectivity index (χ3v) is 3.53. The van der Waals surface area contributed by atoms with E-state index >= 15 is 0 Å². The first-order valence-corrected chi connectivity index (χ1v) is 6.03. The summed E-state index contributed by atoms with van der Waals surface area (Å²) in [5.74, 6) is 1.19. The van der Waals surface area contributed by atoms with Crippen LogP contribution in [-0.4, -0.2) is 19.0 Å². The number of Topliss-reactive ketones (excluding diaryl/α,β-unsaturated/α-hetero) is 1. The van der Waals surface area contributed by atoms with Gasteiger partial charge in [-0.05, 0) is 37.5 Å². The highest BCUT2D eigenvalue weighted by Crippen LogP contribution is 2.48. The molecule has 0 spiro atoms. The zero-order valence-electron chi connectivity index (χ0n) is 10.2. The molecule has 1 aliphatic heterocycles. The van der Waals surface area contributed by atoms with Gasteiger partial charge in [-0.2, -0.15) is 5.26 Å². The number of carbonyl (C=O) groups is 1. The van der Waals surface area contributed by atoms with Crippen LogP contribution in [-0.2, 0) is 0 Å². The number of benzene rings is 1. The molecule has 0 saturated heterocycles. The Labute approximate surface area is 105 Å². The molecule has 1 aliphatic carbocycles. The summed E-state index contributed by atoms with van der Waals surface area (Å²) in [6.45, 7) is 2.88. The first-order valence-electron chi connectivity index (χ1n) is 6.03. The van der Waals surface area contributed by atoms with Crippen molar-refractivity contribution in [1.29, 1.82) is 5.26 Å². The topological polar surface area (TPSA) is 59.3 Å². The molecule has 0 atom stereocenters. The van der Waals surface area contributed by atoms with Crippen molar-refractivity contribution in [3.05, 3.63) is 23.3 Å². The lowest BCUT2D eigenvalue weighted by atomic mass is 9.92. The molecule has 4 nitrogen and oxygen atoms in total. The van der Waals surface area contributed by atoms with Gasteiger partial charge in [-0.15, -0.1) is 0 Å². The lowest BCUT2D eigenvalue weighted by Gasteiger charge is -2.20. The Morgan fingerprint density at radius 3 is 2.44 bits per heavy atom. The monoisotopic (exact) mass is 243 g/mol. The average molecular weight is 243 g/mol. The normalized spacial score (nSPS) is 18.9. The maximum Gasteiger partial charge on any atom is 0.183 e. The van der Waals surface area contributed by atoms with Gasteiger partial charge in [-0.25, -0.2) is 0 Å². The summed E-state index contributed by atoms with van der Waals surface area (Å²) in [6.07, 6.45) is 1.33. The number of hydrogen-bond acceptors (Lipinski definition) is 4. The molecule has 1 saturated carbocycles. The van der Waals surface area contributed by atoms with Gasteiger partial charge in [-0.3, -0.25) is 4.79 Å². The number of hydrogen-bond donors (Lipinski definition) is 0. The molecule has 2 aliphatic rings. The van der Waals surface area contributed by atoms with Gasteiger partial charge in [0.05, 0.1) is 6.07 Å². The van der Waals surface area contributed by atoms with Crippen molar-refractivity contribution in [3.8, 4) is 17.6 Å². The highest BCUT2D eigenvalue weighted by Gasteiger charge is 2.51. The van der Waals surface area contributed by atoms with Gasteiger partial charge < -0.3 is 9.47 Å². The van der Waals surface area contributed by atoms with Crippen LogP contribution in [0.25, 0.3) is 0 Å². The number of carbonyl (C=O) groups excluding carboxylic acids is 1. The van der Waals surface area contributed by atoms with E-state index in [2.05, 4.69) is 6.07 Å². The zero-order chi connectivity index (χ0) is 12.8. The fraction of sp³-hybridized carbons (Fsp3) is 0.429. The molecule has 0 bridgehead atoms. The van der Waals surface area contributed by atoms with E-state index in [9.17, 15) is 4.79 Å². The van der Waals surface area contributed by atoms with Crippen LogP contribution in [0, 0.1) is 23.7 Å². The van der Waals surface area contributed by atoms with Crippen LogP contribution in [0.5, 0.6) is 11.5 Å². The smallest absolute Gasteiger partial charge is 0.183 e. The first kappa shape index (κ1) is 11.1. The molecule has 1 heterocycles. The van der Waals surface area contributed by atoms with Crippen molar-refractivity contribution >= 4 is 5.78 Å². The summed E-state index contributed by atoms with van der Waals surface area (Å²) in [4.78, 5) is 12.3. The van der Waals surface area contributed by atoms with Crippen LogP contribution in [0.2, 0.25) is 0 Å². The predicted octanol–water partition coefficient (Wildman–Crippen LogP) is 2.25.